The van der Waals surface area contributed by atoms with E-state index in [2.05, 4.69) is 43.1 Å². The Morgan fingerprint density at radius 2 is 1.01 bits per heavy atom. The molecular weight excluding hydrogens is 1350 g/mol. The molecule has 2 rings (SSSR count). The van der Waals surface area contributed by atoms with Crippen LogP contribution in [0.2, 0.25) is 0 Å². The third kappa shape index (κ3) is 42.9. The molecule has 0 saturated carbocycles. The van der Waals surface area contributed by atoms with E-state index < -0.39 is 152 Å². The molecule has 0 fully saturated rings. The SMILES string of the molecule is C#CCOCCOCCOCCOCCC(=O)N[C@@H](CCOC(=O)CCCO[C@@H]([C@@H]1OC(C(=O)O)=C[C@H](N=C(N)N)[C@H]1C)[C@H](O)CO)COC(=O)NCCO[C@@H]([C@@H]1OC(C(=O)O)=C[C@H](N=C(N)N)[C@H]1NC(C)=O)[C@H](O)CO.C#CCOCCOCCOCCOCCC(=O)N[C@H](CO)CCO. The van der Waals surface area contributed by atoms with Crippen molar-refractivity contribution in [1.82, 2.24) is 21.3 Å². The molecule has 0 aromatic heterocycles. The van der Waals surface area contributed by atoms with Gasteiger partial charge in [0, 0.05) is 58.3 Å². The van der Waals surface area contributed by atoms with Crippen LogP contribution < -0.4 is 44.2 Å². The molecule has 101 heavy (non-hydrogen) atoms. The summed E-state index contributed by atoms with van der Waals surface area (Å²) in [5.41, 5.74) is 22.1. The van der Waals surface area contributed by atoms with E-state index in [0.29, 0.717) is 72.5 Å². The van der Waals surface area contributed by atoms with Gasteiger partial charge in [-0.3, -0.25) is 19.2 Å². The molecule has 2 heterocycles. The number of aliphatic imine (C=N–C) groups is 2. The molecule has 2 aliphatic rings. The Balaban J connectivity index is 0.00000179. The summed E-state index contributed by atoms with van der Waals surface area (Å²) in [6.07, 6.45) is 2.83. The molecular formula is C62H104N10O29. The number of aliphatic carboxylic acids is 2. The quantitative estimate of drug-likeness (QED) is 0.00885. The minimum Gasteiger partial charge on any atom is -0.480 e. The Hall–Kier alpha value is -7.81. The van der Waals surface area contributed by atoms with Gasteiger partial charge in [0.15, 0.2) is 18.0 Å². The third-order valence-electron chi connectivity index (χ3n) is 13.8. The van der Waals surface area contributed by atoms with Crippen LogP contribution in [0.5, 0.6) is 0 Å². The zero-order valence-corrected chi connectivity index (χ0v) is 57.0. The van der Waals surface area contributed by atoms with Crippen LogP contribution in [0.25, 0.3) is 0 Å². The highest BCUT2D eigenvalue weighted by Gasteiger charge is 2.46. The van der Waals surface area contributed by atoms with Gasteiger partial charge in [0.2, 0.25) is 29.2 Å². The maximum atomic E-state index is 13.0. The first-order valence-electron chi connectivity index (χ1n) is 32.3. The second-order valence-corrected chi connectivity index (χ2v) is 21.7. The fraction of sp³-hybridized carbons (Fsp3) is 0.726. The number of esters is 1. The van der Waals surface area contributed by atoms with Gasteiger partial charge in [0.05, 0.1) is 156 Å². The molecule has 0 spiro atoms. The highest BCUT2D eigenvalue weighted by Crippen LogP contribution is 2.31. The van der Waals surface area contributed by atoms with E-state index >= 15 is 0 Å². The van der Waals surface area contributed by atoms with Crippen LogP contribution in [0, 0.1) is 30.6 Å². The van der Waals surface area contributed by atoms with Crippen molar-refractivity contribution in [3.05, 3.63) is 23.7 Å². The van der Waals surface area contributed by atoms with Crippen LogP contribution in [0.3, 0.4) is 0 Å². The van der Waals surface area contributed by atoms with Crippen molar-refractivity contribution >= 4 is 53.6 Å². The van der Waals surface area contributed by atoms with Crippen LogP contribution in [0.4, 0.5) is 4.79 Å². The Labute approximate surface area is 585 Å². The number of aliphatic hydroxyl groups is 6. The number of hydrogen-bond acceptors (Lipinski definition) is 29. The number of aliphatic hydroxyl groups excluding tert-OH is 6. The van der Waals surface area contributed by atoms with Gasteiger partial charge >= 0.3 is 24.0 Å². The molecule has 0 aliphatic carbocycles. The standard InChI is InChI=1S/C46H75N9O22.C16H29NO7/c1-4-10-68-15-17-70-19-20-71-18-16-69-12-8-35(61)53-28(7-13-72-36(62)6-5-11-73-39(31(59)23-56)38-26(2)29(54-44(47)48)21-33(76-38)42(63)64)25-75-46(67)51-9-14-74-40(32(60)24-57)41-37(52-27(3)58)30(55-45(49)50)22-34(77-41)43(65)66;1-2-6-21-8-10-23-12-13-24-11-9-22-7-4-16(20)17-15(14-19)3-5-18/h1,21-22,26,28-32,37-41,56-57,59-60H,5-20,23-25H2,2-3H3,(H,51,67)(H,52,58)(H,53,61)(H,63,64)(H,65,66)(H4,47,48,54)(H4,49,50,55);1,15,18-19H,3-14H2,(H,17,20)/t26-,28+,29+,30+,31-,32-,37-,38-,39-,40-,41-;15-/m10/s1. The smallest absolute Gasteiger partial charge is 0.407 e. The van der Waals surface area contributed by atoms with Gasteiger partial charge in [-0.1, -0.05) is 18.8 Å². The van der Waals surface area contributed by atoms with E-state index in [0.717, 1.165) is 13.0 Å². The van der Waals surface area contributed by atoms with Crippen molar-refractivity contribution in [3.63, 3.8) is 0 Å². The number of alkyl carbamates (subject to hydrolysis) is 1. The fourth-order valence-corrected chi connectivity index (χ4v) is 8.94. The molecule has 0 saturated heterocycles. The van der Waals surface area contributed by atoms with Crippen molar-refractivity contribution in [1.29, 1.82) is 0 Å². The molecule has 2 aliphatic heterocycles. The lowest BCUT2D eigenvalue weighted by Gasteiger charge is -2.40. The maximum absolute atomic E-state index is 13.0. The lowest BCUT2D eigenvalue weighted by Crippen LogP contribution is -2.60. The fourth-order valence-electron chi connectivity index (χ4n) is 8.94. The lowest BCUT2D eigenvalue weighted by atomic mass is 9.87. The Morgan fingerprint density at radius 1 is 0.564 bits per heavy atom. The molecule has 12 atom stereocenters. The molecule has 4 amide bonds. The number of carboxylic acids is 2. The Kier molecular flexibility index (Phi) is 51.3. The van der Waals surface area contributed by atoms with Gasteiger partial charge in [-0.15, -0.1) is 12.8 Å². The second-order valence-electron chi connectivity index (χ2n) is 21.7. The van der Waals surface area contributed by atoms with Crippen molar-refractivity contribution in [2.45, 2.75) is 119 Å². The number of nitrogens with zero attached hydrogens (tertiary/aromatic N) is 2. The van der Waals surface area contributed by atoms with Gasteiger partial charge in [0.1, 0.15) is 50.3 Å². The number of nitrogens with two attached hydrogens (primary N) is 4. The molecule has 0 aromatic rings. The molecule has 0 bridgehead atoms. The van der Waals surface area contributed by atoms with Gasteiger partial charge < -0.3 is 151 Å². The van der Waals surface area contributed by atoms with E-state index in [-0.39, 0.29) is 117 Å². The number of carbonyl (C=O) groups excluding carboxylic acids is 5. The average molecular weight is 1450 g/mol. The number of terminal acetylenes is 2. The molecule has 39 heteroatoms. The summed E-state index contributed by atoms with van der Waals surface area (Å²) in [5.74, 6) is -2.88. The predicted molar refractivity (Wildman–Crippen MR) is 353 cm³/mol. The average Bonchev–Trinajstić information content (AvgIpc) is 0.804. The molecule has 0 unspecified atom stereocenters. The monoisotopic (exact) mass is 1450 g/mol. The molecule has 39 nitrogen and oxygen atoms in total. The summed E-state index contributed by atoms with van der Waals surface area (Å²) in [5, 5.41) is 88.3. The van der Waals surface area contributed by atoms with E-state index in [1.54, 1.807) is 6.92 Å². The number of ether oxygens (including phenoxy) is 14. The summed E-state index contributed by atoms with van der Waals surface area (Å²) >= 11 is 0. The number of carboxylic acid groups (broad SMARTS) is 2. The Bertz CT molecular complexity index is 2590. The van der Waals surface area contributed by atoms with Crippen LogP contribution in [0.1, 0.15) is 52.4 Å². The topological polar surface area (TPSA) is 587 Å². The zero-order valence-electron chi connectivity index (χ0n) is 57.0. The highest BCUT2D eigenvalue weighted by molar-refractivity contribution is 5.86. The summed E-state index contributed by atoms with van der Waals surface area (Å²) in [6.45, 7) is 4.33. The predicted octanol–water partition coefficient (Wildman–Crippen LogP) is -6.43. The first-order chi connectivity index (χ1) is 48.5. The van der Waals surface area contributed by atoms with Gasteiger partial charge in [-0.05, 0) is 25.0 Å². The number of carbonyl (C=O) groups is 7. The molecule has 20 N–H and O–H groups in total. The minimum atomic E-state index is -1.72. The number of amides is 4. The number of nitrogens with one attached hydrogen (secondary N) is 4. The van der Waals surface area contributed by atoms with Gasteiger partial charge in [0.25, 0.3) is 0 Å². The van der Waals surface area contributed by atoms with Crippen LogP contribution in [0.15, 0.2) is 33.7 Å². The third-order valence-corrected chi connectivity index (χ3v) is 13.8. The van der Waals surface area contributed by atoms with E-state index in [9.17, 15) is 64.2 Å². The van der Waals surface area contributed by atoms with Crippen LogP contribution >= 0.6 is 0 Å². The first kappa shape index (κ1) is 91.2. The van der Waals surface area contributed by atoms with Crippen molar-refractivity contribution < 1.29 is 141 Å². The number of hydrogen-bond donors (Lipinski definition) is 16. The zero-order chi connectivity index (χ0) is 75.2. The molecule has 0 aromatic carbocycles. The van der Waals surface area contributed by atoms with E-state index in [1.807, 2.05) is 0 Å². The van der Waals surface area contributed by atoms with Crippen LogP contribution in [-0.2, 0) is 95.1 Å². The van der Waals surface area contributed by atoms with E-state index in [1.165, 1.54) is 6.08 Å². The lowest BCUT2D eigenvalue weighted by molar-refractivity contribution is -0.157. The minimum absolute atomic E-state index is 0.00808. The van der Waals surface area contributed by atoms with Crippen molar-refractivity contribution in [3.8, 4) is 24.7 Å². The summed E-state index contributed by atoms with van der Waals surface area (Å²) in [4.78, 5) is 94.1. The van der Waals surface area contributed by atoms with Gasteiger partial charge in [-0.2, -0.15) is 0 Å². The number of guanidine groups is 2. The summed E-state index contributed by atoms with van der Waals surface area (Å²) in [6, 6.07) is -4.63. The summed E-state index contributed by atoms with van der Waals surface area (Å²) < 4.78 is 75.7. The Morgan fingerprint density at radius 3 is 1.47 bits per heavy atom. The number of rotatable bonds is 56. The van der Waals surface area contributed by atoms with E-state index in [4.69, 9.17) is 112 Å². The molecule has 0 radical (unpaired) electrons. The van der Waals surface area contributed by atoms with Crippen molar-refractivity contribution in [2.24, 2.45) is 38.8 Å². The first-order valence-corrected chi connectivity index (χ1v) is 32.3. The summed E-state index contributed by atoms with van der Waals surface area (Å²) in [7, 11) is 0. The van der Waals surface area contributed by atoms with Crippen molar-refractivity contribution in [2.75, 3.05) is 165 Å². The normalized spacial score (nSPS) is 18.7. The second kappa shape index (κ2) is 56.8. The van der Waals surface area contributed by atoms with Gasteiger partial charge in [-0.25, -0.2) is 24.4 Å². The largest absolute Gasteiger partial charge is 0.480 e. The highest BCUT2D eigenvalue weighted by atomic mass is 16.6. The maximum Gasteiger partial charge on any atom is 0.407 e. The van der Waals surface area contributed by atoms with Crippen LogP contribution in [-0.4, -0.2) is 326 Å². The molecule has 576 valence electrons.